The van der Waals surface area contributed by atoms with Gasteiger partial charge in [-0.05, 0) is 76.3 Å². The first-order valence-electron chi connectivity index (χ1n) is 20.1. The van der Waals surface area contributed by atoms with E-state index in [1.54, 1.807) is 37.3 Å². The van der Waals surface area contributed by atoms with Crippen LogP contribution in [0.3, 0.4) is 0 Å². The van der Waals surface area contributed by atoms with Gasteiger partial charge in [0.25, 0.3) is 17.4 Å². The molecule has 4 aliphatic rings. The third kappa shape index (κ3) is 9.55. The Morgan fingerprint density at radius 3 is 2.42 bits per heavy atom. The molecule has 7 atom stereocenters. The maximum atomic E-state index is 14.9. The maximum Gasteiger partial charge on any atom is 0.408 e. The van der Waals surface area contributed by atoms with Gasteiger partial charge in [-0.25, -0.2) is 26.7 Å². The third-order valence-corrected chi connectivity index (χ3v) is 13.7. The van der Waals surface area contributed by atoms with E-state index in [-0.39, 0.29) is 54.2 Å². The molecule has 3 N–H and O–H groups in total. The van der Waals surface area contributed by atoms with Crippen molar-refractivity contribution in [2.75, 3.05) is 20.3 Å². The summed E-state index contributed by atoms with van der Waals surface area (Å²) in [5, 5.41) is 9.78. The molecule has 0 spiro atoms. The van der Waals surface area contributed by atoms with Gasteiger partial charge in [0.2, 0.25) is 27.7 Å². The quantitative estimate of drug-likeness (QED) is 0.274. The molecule has 1 aromatic carbocycles. The smallest absolute Gasteiger partial charge is 0.408 e. The van der Waals surface area contributed by atoms with Crippen molar-refractivity contribution in [3.8, 4) is 5.88 Å². The van der Waals surface area contributed by atoms with Crippen LogP contribution in [-0.2, 0) is 40.4 Å². The fourth-order valence-electron chi connectivity index (χ4n) is 7.75. The molecule has 3 fully saturated rings. The van der Waals surface area contributed by atoms with Crippen molar-refractivity contribution in [2.24, 2.45) is 17.8 Å². The molecule has 1 saturated heterocycles. The van der Waals surface area contributed by atoms with E-state index in [1.165, 1.54) is 16.7 Å². The molecule has 2 aromatic rings. The van der Waals surface area contributed by atoms with Crippen LogP contribution in [0, 0.1) is 17.8 Å². The minimum absolute atomic E-state index is 0. The van der Waals surface area contributed by atoms with E-state index in [0.717, 1.165) is 13.8 Å². The van der Waals surface area contributed by atoms with Crippen LogP contribution in [0.4, 0.5) is 13.6 Å². The number of nitrogens with zero attached hydrogens (tertiary/aromatic N) is 3. The highest BCUT2D eigenvalue weighted by molar-refractivity contribution is 7.91. The third-order valence-electron chi connectivity index (χ3n) is 11.9. The highest BCUT2D eigenvalue weighted by atomic mass is 32.2. The van der Waals surface area contributed by atoms with Crippen molar-refractivity contribution < 1.29 is 54.9 Å². The number of allylic oxidation sites excluding steroid dienone is 1. The molecular weight excluding hydrogens is 795 g/mol. The number of aromatic nitrogens is 2. The summed E-state index contributed by atoms with van der Waals surface area (Å²) in [4.78, 5) is 71.0. The molecule has 330 valence electrons. The van der Waals surface area contributed by atoms with Gasteiger partial charge in [-0.1, -0.05) is 38.1 Å². The normalized spacial score (nSPS) is 28.6. The van der Waals surface area contributed by atoms with Gasteiger partial charge in [0.15, 0.2) is 5.60 Å². The lowest BCUT2D eigenvalue weighted by molar-refractivity contribution is -0.152. The molecule has 3 heterocycles. The van der Waals surface area contributed by atoms with Gasteiger partial charge >= 0.3 is 6.09 Å². The molecule has 59 heavy (non-hydrogen) atoms. The van der Waals surface area contributed by atoms with Crippen LogP contribution in [0.1, 0.15) is 83.8 Å². The molecule has 0 unspecified atom stereocenters. The highest BCUT2D eigenvalue weighted by Gasteiger charge is 2.62. The summed E-state index contributed by atoms with van der Waals surface area (Å²) in [7, 11) is -2.50. The lowest BCUT2D eigenvalue weighted by Crippen LogP contribution is -2.59. The second-order valence-corrected chi connectivity index (χ2v) is 19.0. The first-order valence-corrected chi connectivity index (χ1v) is 21.6. The molecule has 4 amide bonds. The topological polar surface area (TPSA) is 204 Å². The Balaban J connectivity index is 0.00000341. The summed E-state index contributed by atoms with van der Waals surface area (Å²) in [5.41, 5.74) is -4.25. The largest absolute Gasteiger partial charge is 0.471 e. The number of amides is 4. The molecule has 0 bridgehead atoms. The standard InChI is InChI=1S/C40H54F2N6O10S.3H2/c1-23-11-7-8-12-25-21-40(25,36(52)46-59(54,55)27-15-16-27)44-32(49)30-20-26(57-33-28-13-9-10-14-29(28)34(50)48(45-33)17-18-56-6)22-47(30)35(51)31(24(2)19-23)43-37(53)58-38(3,4)39(5,41)42;;;/h8-10,12-14,23-27,30-31H,7,11,15-22H2,1-6H3,(H,43,53)(H,44,49)(H,46,52);3*1H/b12-8-;;;/t23-,24-,25-,26-,30+,31+,40-;;;/m1.../s1. The predicted molar refractivity (Wildman–Crippen MR) is 217 cm³/mol. The summed E-state index contributed by atoms with van der Waals surface area (Å²) in [6, 6.07) is 3.99. The van der Waals surface area contributed by atoms with Gasteiger partial charge < -0.3 is 29.7 Å². The summed E-state index contributed by atoms with van der Waals surface area (Å²) in [6.45, 7) is 6.48. The SMILES string of the molecule is COCCn1nc(O[C@@H]2C[C@H]3C(=O)N[C@]4(C(=O)NS(=O)(=O)C5CC5)C[C@H]4/C=C\CC[C@@H](C)C[C@@H](C)[C@H](NC(=O)OC(C)(C)C(C)(F)F)C(=O)N3C2)c2ccccc2c1=O.[HH].[HH].[HH]. The Morgan fingerprint density at radius 2 is 1.76 bits per heavy atom. The highest BCUT2D eigenvalue weighted by Crippen LogP contribution is 2.46. The second kappa shape index (κ2) is 16.8. The van der Waals surface area contributed by atoms with E-state index >= 15 is 0 Å². The van der Waals surface area contributed by atoms with E-state index in [0.29, 0.717) is 49.8 Å². The van der Waals surface area contributed by atoms with Crippen LogP contribution in [0.2, 0.25) is 0 Å². The molecule has 6 rings (SSSR count). The number of alkyl halides is 2. The van der Waals surface area contributed by atoms with Gasteiger partial charge in [-0.3, -0.25) is 23.9 Å². The van der Waals surface area contributed by atoms with E-state index in [9.17, 15) is 41.2 Å². The van der Waals surface area contributed by atoms with E-state index in [4.69, 9.17) is 14.2 Å². The summed E-state index contributed by atoms with van der Waals surface area (Å²) >= 11 is 0. The van der Waals surface area contributed by atoms with Crippen molar-refractivity contribution in [1.29, 1.82) is 0 Å². The summed E-state index contributed by atoms with van der Waals surface area (Å²) < 4.78 is 74.8. The Kier molecular flexibility index (Phi) is 12.5. The lowest BCUT2D eigenvalue weighted by Gasteiger charge is -2.35. The Labute approximate surface area is 346 Å². The molecule has 0 radical (unpaired) electrons. The Morgan fingerprint density at radius 1 is 1.07 bits per heavy atom. The minimum atomic E-state index is -3.98. The number of fused-ring (bicyclic) bond motifs is 3. The first-order chi connectivity index (χ1) is 27.7. The minimum Gasteiger partial charge on any atom is -0.471 e. The number of nitrogens with one attached hydrogen (secondary N) is 3. The average Bonchev–Trinajstić information content (AvgIpc) is 4.09. The predicted octanol–water partition coefficient (Wildman–Crippen LogP) is 4.15. The lowest BCUT2D eigenvalue weighted by atomic mass is 9.88. The van der Waals surface area contributed by atoms with Crippen molar-refractivity contribution >= 4 is 44.6 Å². The van der Waals surface area contributed by atoms with Crippen LogP contribution in [0.15, 0.2) is 41.2 Å². The van der Waals surface area contributed by atoms with Crippen molar-refractivity contribution in [3.63, 3.8) is 0 Å². The van der Waals surface area contributed by atoms with Crippen LogP contribution >= 0.6 is 0 Å². The molecule has 2 aliphatic carbocycles. The number of methoxy groups -OCH3 is 1. The number of hydrogen-bond acceptors (Lipinski definition) is 11. The van der Waals surface area contributed by atoms with Gasteiger partial charge in [-0.15, -0.1) is 5.10 Å². The van der Waals surface area contributed by atoms with Crippen molar-refractivity contribution in [2.45, 2.75) is 127 Å². The number of carbonyl (C=O) groups is 4. The van der Waals surface area contributed by atoms with Crippen LogP contribution in [0.25, 0.3) is 10.8 Å². The number of benzene rings is 1. The second-order valence-electron chi connectivity index (χ2n) is 17.0. The molecule has 16 nitrogen and oxygen atoms in total. The monoisotopic (exact) mass is 854 g/mol. The fraction of sp³-hybridized carbons (Fsp3) is 0.650. The zero-order valence-electron chi connectivity index (χ0n) is 34.2. The number of carbonyl (C=O) groups excluding carboxylic acids is 4. The zero-order valence-corrected chi connectivity index (χ0v) is 35.0. The molecule has 1 aromatic heterocycles. The molecular formula is C40H60F2N6O10S. The van der Waals surface area contributed by atoms with E-state index in [1.807, 2.05) is 13.0 Å². The number of ether oxygens (including phenoxy) is 3. The first kappa shape index (κ1) is 43.9. The zero-order chi connectivity index (χ0) is 43.1. The molecule has 2 aliphatic heterocycles. The van der Waals surface area contributed by atoms with Gasteiger partial charge in [0, 0.05) is 30.7 Å². The number of rotatable bonds is 11. The summed E-state index contributed by atoms with van der Waals surface area (Å²) in [6.07, 6.45) is 3.92. The Bertz CT molecular complexity index is 2170. The Hall–Kier alpha value is -4.65. The van der Waals surface area contributed by atoms with Crippen molar-refractivity contribution in [3.05, 3.63) is 46.8 Å². The van der Waals surface area contributed by atoms with Gasteiger partial charge in [0.1, 0.15) is 23.7 Å². The average molecular weight is 855 g/mol. The fourth-order valence-corrected chi connectivity index (χ4v) is 9.12. The number of alkyl carbamates (subject to hydrolysis) is 1. The number of hydrogen-bond donors (Lipinski definition) is 3. The van der Waals surface area contributed by atoms with Crippen LogP contribution in [0.5, 0.6) is 5.88 Å². The van der Waals surface area contributed by atoms with Crippen LogP contribution in [-0.4, -0.2) is 108 Å². The van der Waals surface area contributed by atoms with Gasteiger partial charge in [-0.2, -0.15) is 0 Å². The van der Waals surface area contributed by atoms with Crippen LogP contribution < -0.4 is 25.7 Å². The number of sulfonamides is 1. The van der Waals surface area contributed by atoms with Crippen molar-refractivity contribution in [1.82, 2.24) is 30.0 Å². The molecule has 2 saturated carbocycles. The van der Waals surface area contributed by atoms with E-state index < -0.39 is 86.2 Å². The molecule has 19 heteroatoms. The maximum absolute atomic E-state index is 14.9. The summed E-state index contributed by atoms with van der Waals surface area (Å²) in [5.74, 6) is -6.89. The van der Waals surface area contributed by atoms with E-state index in [2.05, 4.69) is 20.5 Å². The number of halogens is 2. The van der Waals surface area contributed by atoms with Gasteiger partial charge in [0.05, 0.1) is 35.7 Å².